The first-order chi connectivity index (χ1) is 9.66. The van der Waals surface area contributed by atoms with E-state index in [2.05, 4.69) is 28.6 Å². The fourth-order valence-corrected chi connectivity index (χ4v) is 2.47. The number of thiol groups is 1. The van der Waals surface area contributed by atoms with E-state index in [9.17, 15) is 4.79 Å². The van der Waals surface area contributed by atoms with Gasteiger partial charge in [-0.15, -0.1) is 0 Å². The molecule has 1 unspecified atom stereocenters. The Balaban J connectivity index is 1.87. The van der Waals surface area contributed by atoms with Crippen LogP contribution in [0.3, 0.4) is 0 Å². The molecule has 0 fully saturated rings. The summed E-state index contributed by atoms with van der Waals surface area (Å²) in [7, 11) is 0. The van der Waals surface area contributed by atoms with Crippen LogP contribution in [0.25, 0.3) is 0 Å². The number of benzene rings is 2. The van der Waals surface area contributed by atoms with Crippen LogP contribution in [-0.4, -0.2) is 11.2 Å². The minimum absolute atomic E-state index is 0.256. The zero-order valence-electron chi connectivity index (χ0n) is 10.8. The van der Waals surface area contributed by atoms with Gasteiger partial charge in [0.15, 0.2) is 0 Å². The summed E-state index contributed by atoms with van der Waals surface area (Å²) in [5.74, 6) is -0.298. The van der Waals surface area contributed by atoms with E-state index < -0.39 is 5.25 Å². The summed E-state index contributed by atoms with van der Waals surface area (Å²) >= 11 is 7.75. The Kier molecular flexibility index (Phi) is 5.68. The summed E-state index contributed by atoms with van der Waals surface area (Å²) in [5, 5.41) is -0.445. The molecule has 0 bridgehead atoms. The molecule has 0 aliphatic heterocycles. The molecule has 0 aromatic heterocycles. The minimum Gasteiger partial charge on any atom is -0.460 e. The lowest BCUT2D eigenvalue weighted by Gasteiger charge is -2.11. The van der Waals surface area contributed by atoms with E-state index in [0.717, 1.165) is 15.6 Å². The molecule has 0 spiro atoms. The average Bonchev–Trinajstić information content (AvgIpc) is 2.47. The Labute approximate surface area is 132 Å². The number of carbonyl (C=O) groups excluding carboxylic acids is 1. The Morgan fingerprint density at radius 3 is 2.45 bits per heavy atom. The highest BCUT2D eigenvalue weighted by atomic mass is 79.9. The molecule has 0 amide bonds. The van der Waals surface area contributed by atoms with Crippen molar-refractivity contribution in [1.82, 2.24) is 0 Å². The SMILES string of the molecule is O=C(OCc1ccccc1Br)C(S)Cc1ccccc1. The average molecular weight is 351 g/mol. The van der Waals surface area contributed by atoms with E-state index in [4.69, 9.17) is 4.74 Å². The predicted molar refractivity (Wildman–Crippen MR) is 86.9 cm³/mol. The topological polar surface area (TPSA) is 26.3 Å². The Morgan fingerprint density at radius 1 is 1.10 bits per heavy atom. The molecule has 104 valence electrons. The largest absolute Gasteiger partial charge is 0.460 e. The standard InChI is InChI=1S/C16H15BrO2S/c17-14-9-5-4-8-13(14)11-19-16(18)15(20)10-12-6-2-1-3-7-12/h1-9,15,20H,10-11H2. The van der Waals surface area contributed by atoms with Crippen molar-refractivity contribution < 1.29 is 9.53 Å². The molecule has 0 aliphatic carbocycles. The van der Waals surface area contributed by atoms with Crippen LogP contribution in [0.4, 0.5) is 0 Å². The van der Waals surface area contributed by atoms with E-state index in [1.807, 2.05) is 54.6 Å². The molecule has 4 heteroatoms. The molecule has 0 radical (unpaired) electrons. The van der Waals surface area contributed by atoms with E-state index in [0.29, 0.717) is 6.42 Å². The molecule has 1 atom stereocenters. The first-order valence-corrected chi connectivity index (χ1v) is 7.60. The van der Waals surface area contributed by atoms with Crippen molar-refractivity contribution in [1.29, 1.82) is 0 Å². The molecule has 0 N–H and O–H groups in total. The molecular weight excluding hydrogens is 336 g/mol. The van der Waals surface area contributed by atoms with Crippen molar-refractivity contribution in [3.05, 3.63) is 70.2 Å². The molecular formula is C16H15BrO2S. The zero-order chi connectivity index (χ0) is 14.4. The lowest BCUT2D eigenvalue weighted by atomic mass is 10.1. The summed E-state index contributed by atoms with van der Waals surface area (Å²) in [6.07, 6.45) is 0.568. The number of carbonyl (C=O) groups is 1. The van der Waals surface area contributed by atoms with Gasteiger partial charge >= 0.3 is 5.97 Å². The third-order valence-electron chi connectivity index (χ3n) is 2.87. The fraction of sp³-hybridized carbons (Fsp3) is 0.188. The van der Waals surface area contributed by atoms with E-state index >= 15 is 0 Å². The molecule has 0 aliphatic rings. The van der Waals surface area contributed by atoms with Crippen LogP contribution >= 0.6 is 28.6 Å². The maximum Gasteiger partial charge on any atom is 0.319 e. The van der Waals surface area contributed by atoms with E-state index in [1.54, 1.807) is 0 Å². The molecule has 2 aromatic rings. The molecule has 2 nitrogen and oxygen atoms in total. The van der Waals surface area contributed by atoms with Gasteiger partial charge in [-0.2, -0.15) is 12.6 Å². The third-order valence-corrected chi connectivity index (χ3v) is 4.04. The second kappa shape index (κ2) is 7.50. The van der Waals surface area contributed by atoms with Crippen LogP contribution in [0, 0.1) is 0 Å². The maximum atomic E-state index is 11.9. The highest BCUT2D eigenvalue weighted by Gasteiger charge is 2.16. The molecule has 0 saturated heterocycles. The quantitative estimate of drug-likeness (QED) is 0.650. The van der Waals surface area contributed by atoms with Crippen molar-refractivity contribution in [2.75, 3.05) is 0 Å². The van der Waals surface area contributed by atoms with Crippen LogP contribution < -0.4 is 0 Å². The molecule has 2 aromatic carbocycles. The highest BCUT2D eigenvalue weighted by Crippen LogP contribution is 2.17. The number of ether oxygens (including phenoxy) is 1. The number of rotatable bonds is 5. The minimum atomic E-state index is -0.445. The first-order valence-electron chi connectivity index (χ1n) is 6.29. The zero-order valence-corrected chi connectivity index (χ0v) is 13.3. The van der Waals surface area contributed by atoms with Crippen molar-refractivity contribution in [3.8, 4) is 0 Å². The van der Waals surface area contributed by atoms with Gasteiger partial charge in [0.2, 0.25) is 0 Å². The molecule has 20 heavy (non-hydrogen) atoms. The maximum absolute atomic E-state index is 11.9. The van der Waals surface area contributed by atoms with Gasteiger partial charge in [-0.3, -0.25) is 4.79 Å². The van der Waals surface area contributed by atoms with Crippen LogP contribution in [-0.2, 0) is 22.6 Å². The molecule has 0 heterocycles. The van der Waals surface area contributed by atoms with Crippen molar-refractivity contribution in [2.24, 2.45) is 0 Å². The van der Waals surface area contributed by atoms with Crippen molar-refractivity contribution in [2.45, 2.75) is 18.3 Å². The summed E-state index contributed by atoms with van der Waals surface area (Å²) in [6, 6.07) is 17.5. The molecule has 2 rings (SSSR count). The number of halogens is 1. The number of esters is 1. The molecule has 0 saturated carbocycles. The number of hydrogen-bond acceptors (Lipinski definition) is 3. The Bertz CT molecular complexity index is 572. The van der Waals surface area contributed by atoms with Gasteiger partial charge in [-0.25, -0.2) is 0 Å². The van der Waals surface area contributed by atoms with Gasteiger partial charge in [0.25, 0.3) is 0 Å². The van der Waals surface area contributed by atoms with Crippen molar-refractivity contribution in [3.63, 3.8) is 0 Å². The van der Waals surface area contributed by atoms with Crippen LogP contribution in [0.2, 0.25) is 0 Å². The normalized spacial score (nSPS) is 11.9. The van der Waals surface area contributed by atoms with Crippen molar-refractivity contribution >= 4 is 34.5 Å². The van der Waals surface area contributed by atoms with Gasteiger partial charge in [0, 0.05) is 10.0 Å². The van der Waals surface area contributed by atoms with E-state index in [-0.39, 0.29) is 12.6 Å². The van der Waals surface area contributed by atoms with Gasteiger partial charge < -0.3 is 4.74 Å². The highest BCUT2D eigenvalue weighted by molar-refractivity contribution is 9.10. The smallest absolute Gasteiger partial charge is 0.319 e. The second-order valence-electron chi connectivity index (χ2n) is 4.40. The third kappa shape index (κ3) is 4.39. The second-order valence-corrected chi connectivity index (χ2v) is 5.88. The summed E-state index contributed by atoms with van der Waals surface area (Å²) in [6.45, 7) is 0.256. The van der Waals surface area contributed by atoms with Gasteiger partial charge in [0.1, 0.15) is 11.9 Å². The van der Waals surface area contributed by atoms with Crippen LogP contribution in [0.15, 0.2) is 59.1 Å². The van der Waals surface area contributed by atoms with Crippen LogP contribution in [0.5, 0.6) is 0 Å². The summed E-state index contributed by atoms with van der Waals surface area (Å²) in [5.41, 5.74) is 2.02. The summed E-state index contributed by atoms with van der Waals surface area (Å²) in [4.78, 5) is 11.9. The van der Waals surface area contributed by atoms with Gasteiger partial charge in [0.05, 0.1) is 0 Å². The Hall–Kier alpha value is -1.26. The van der Waals surface area contributed by atoms with Gasteiger partial charge in [-0.05, 0) is 18.1 Å². The van der Waals surface area contributed by atoms with Crippen LogP contribution in [0.1, 0.15) is 11.1 Å². The number of hydrogen-bond donors (Lipinski definition) is 1. The first kappa shape index (κ1) is 15.1. The summed E-state index contributed by atoms with van der Waals surface area (Å²) < 4.78 is 6.23. The van der Waals surface area contributed by atoms with Gasteiger partial charge in [-0.1, -0.05) is 64.5 Å². The predicted octanol–water partition coefficient (Wildman–Crippen LogP) is 4.03. The monoisotopic (exact) mass is 350 g/mol. The van der Waals surface area contributed by atoms with E-state index in [1.165, 1.54) is 0 Å². The fourth-order valence-electron chi connectivity index (χ4n) is 1.78. The lowest BCUT2D eigenvalue weighted by molar-refractivity contribution is -0.144. The lowest BCUT2D eigenvalue weighted by Crippen LogP contribution is -2.20. The Morgan fingerprint density at radius 2 is 1.75 bits per heavy atom.